The molecule has 2 aromatic heterocycles. The molecule has 0 unspecified atom stereocenters. The van der Waals surface area contributed by atoms with Crippen LogP contribution in [0.1, 0.15) is 42.4 Å². The van der Waals surface area contributed by atoms with Gasteiger partial charge >= 0.3 is 0 Å². The van der Waals surface area contributed by atoms with Crippen molar-refractivity contribution >= 4 is 22.6 Å². The molecule has 128 valence electrons. The van der Waals surface area contributed by atoms with E-state index >= 15 is 0 Å². The first kappa shape index (κ1) is 15.6. The second kappa shape index (κ2) is 5.88. The number of aromatic amines is 1. The highest BCUT2D eigenvalue weighted by Crippen LogP contribution is 2.36. The van der Waals surface area contributed by atoms with Crippen LogP contribution < -0.4 is 10.9 Å². The number of anilines is 1. The summed E-state index contributed by atoms with van der Waals surface area (Å²) in [6, 6.07) is 7.83. The van der Waals surface area contributed by atoms with Crippen LogP contribution in [0.25, 0.3) is 10.9 Å². The number of rotatable bonds is 3. The van der Waals surface area contributed by atoms with Gasteiger partial charge in [0.05, 0.1) is 6.20 Å². The van der Waals surface area contributed by atoms with Crippen molar-refractivity contribution in [2.24, 2.45) is 0 Å². The number of nitrogens with zero attached hydrogens (tertiary/aromatic N) is 2. The molecule has 0 aliphatic carbocycles. The zero-order valence-corrected chi connectivity index (χ0v) is 14.3. The van der Waals surface area contributed by atoms with Crippen LogP contribution in [-0.4, -0.2) is 20.7 Å². The Balaban J connectivity index is 1.88. The summed E-state index contributed by atoms with van der Waals surface area (Å²) in [5, 5.41) is 8.28. The Morgan fingerprint density at radius 1 is 1.24 bits per heavy atom. The fraction of sp³-hybridized carbons (Fsp3) is 0.316. The molecule has 1 amide bonds. The van der Waals surface area contributed by atoms with Gasteiger partial charge in [0.1, 0.15) is 5.82 Å². The van der Waals surface area contributed by atoms with Gasteiger partial charge < -0.3 is 10.3 Å². The normalized spacial score (nSPS) is 16.7. The van der Waals surface area contributed by atoms with E-state index in [0.717, 1.165) is 35.0 Å². The molecule has 0 saturated carbocycles. The van der Waals surface area contributed by atoms with E-state index in [-0.39, 0.29) is 23.8 Å². The number of carbonyl (C=O) groups excluding carboxylic acids is 1. The van der Waals surface area contributed by atoms with Crippen LogP contribution in [0.2, 0.25) is 0 Å². The van der Waals surface area contributed by atoms with Crippen molar-refractivity contribution in [2.45, 2.75) is 39.2 Å². The molecule has 1 atom stereocenters. The van der Waals surface area contributed by atoms with Gasteiger partial charge in [-0.1, -0.05) is 18.6 Å². The summed E-state index contributed by atoms with van der Waals surface area (Å²) in [4.78, 5) is 27.8. The largest absolute Gasteiger partial charge is 0.322 e. The highest BCUT2D eigenvalue weighted by molar-refractivity contribution is 5.94. The highest BCUT2D eigenvalue weighted by Gasteiger charge is 2.31. The van der Waals surface area contributed by atoms with Crippen molar-refractivity contribution in [1.82, 2.24) is 14.8 Å². The molecule has 4 rings (SSSR count). The summed E-state index contributed by atoms with van der Waals surface area (Å²) < 4.78 is 1.80. The summed E-state index contributed by atoms with van der Waals surface area (Å²) in [5.41, 5.74) is 3.31. The lowest BCUT2D eigenvalue weighted by molar-refractivity contribution is -0.116. The van der Waals surface area contributed by atoms with E-state index < -0.39 is 0 Å². The van der Waals surface area contributed by atoms with Crippen LogP contribution >= 0.6 is 0 Å². The molecule has 0 saturated heterocycles. The molecule has 0 radical (unpaired) electrons. The van der Waals surface area contributed by atoms with E-state index in [1.165, 1.54) is 0 Å². The minimum atomic E-state index is -0.275. The third-order valence-electron chi connectivity index (χ3n) is 4.73. The van der Waals surface area contributed by atoms with Crippen LogP contribution in [0.4, 0.5) is 5.82 Å². The lowest BCUT2D eigenvalue weighted by atomic mass is 9.87. The number of benzene rings is 1. The Hall–Kier alpha value is -2.89. The first-order valence-electron chi connectivity index (χ1n) is 8.56. The third-order valence-corrected chi connectivity index (χ3v) is 4.73. The smallest absolute Gasteiger partial charge is 0.252 e. The molecule has 25 heavy (non-hydrogen) atoms. The predicted octanol–water partition coefficient (Wildman–Crippen LogP) is 2.92. The number of aryl methyl sites for hydroxylation is 2. The van der Waals surface area contributed by atoms with Gasteiger partial charge in [0, 0.05) is 35.5 Å². The van der Waals surface area contributed by atoms with Gasteiger partial charge in [0.25, 0.3) is 5.56 Å². The average Bonchev–Trinajstić information content (AvgIpc) is 2.97. The van der Waals surface area contributed by atoms with E-state index in [1.807, 2.05) is 31.2 Å². The van der Waals surface area contributed by atoms with Crippen molar-refractivity contribution < 1.29 is 4.79 Å². The lowest BCUT2D eigenvalue weighted by Gasteiger charge is -2.23. The van der Waals surface area contributed by atoms with E-state index in [2.05, 4.69) is 22.3 Å². The van der Waals surface area contributed by atoms with Crippen molar-refractivity contribution in [3.05, 3.63) is 57.5 Å². The molecule has 3 heterocycles. The number of nitrogens with one attached hydrogen (secondary N) is 2. The Bertz CT molecular complexity index is 1030. The van der Waals surface area contributed by atoms with E-state index in [1.54, 1.807) is 10.9 Å². The molecule has 0 bridgehead atoms. The Morgan fingerprint density at radius 2 is 2.08 bits per heavy atom. The number of hydrogen-bond acceptors (Lipinski definition) is 3. The molecule has 1 aliphatic rings. The van der Waals surface area contributed by atoms with Gasteiger partial charge in [-0.2, -0.15) is 5.10 Å². The number of amides is 1. The Labute approximate surface area is 144 Å². The molecule has 1 aliphatic heterocycles. The second-order valence-electron chi connectivity index (χ2n) is 6.62. The van der Waals surface area contributed by atoms with Crippen molar-refractivity contribution in [3.63, 3.8) is 0 Å². The zero-order chi connectivity index (χ0) is 17.6. The summed E-state index contributed by atoms with van der Waals surface area (Å²) >= 11 is 0. The Morgan fingerprint density at radius 3 is 2.88 bits per heavy atom. The number of carbonyl (C=O) groups is 1. The van der Waals surface area contributed by atoms with E-state index in [4.69, 9.17) is 0 Å². The number of pyridine rings is 1. The van der Waals surface area contributed by atoms with Crippen LogP contribution in [0.5, 0.6) is 0 Å². The Kier molecular flexibility index (Phi) is 3.67. The minimum absolute atomic E-state index is 0.0842. The summed E-state index contributed by atoms with van der Waals surface area (Å²) in [5.74, 6) is 0.356. The summed E-state index contributed by atoms with van der Waals surface area (Å²) in [6.45, 7) is 4.81. The highest BCUT2D eigenvalue weighted by atomic mass is 16.2. The second-order valence-corrected chi connectivity index (χ2v) is 6.62. The lowest BCUT2D eigenvalue weighted by Crippen LogP contribution is -2.28. The number of aromatic nitrogens is 3. The van der Waals surface area contributed by atoms with Gasteiger partial charge in [-0.25, -0.2) is 4.68 Å². The van der Waals surface area contributed by atoms with Crippen molar-refractivity contribution in [1.29, 1.82) is 0 Å². The maximum Gasteiger partial charge on any atom is 0.252 e. The van der Waals surface area contributed by atoms with E-state index in [0.29, 0.717) is 11.4 Å². The minimum Gasteiger partial charge on any atom is -0.322 e. The summed E-state index contributed by atoms with van der Waals surface area (Å²) in [6.07, 6.45) is 2.95. The molecule has 0 spiro atoms. The monoisotopic (exact) mass is 336 g/mol. The summed E-state index contributed by atoms with van der Waals surface area (Å²) in [7, 11) is 0. The first-order chi connectivity index (χ1) is 12.1. The van der Waals surface area contributed by atoms with Gasteiger partial charge in [-0.3, -0.25) is 9.59 Å². The third kappa shape index (κ3) is 2.63. The fourth-order valence-corrected chi connectivity index (χ4v) is 3.53. The predicted molar refractivity (Wildman–Crippen MR) is 96.9 cm³/mol. The molecule has 3 aromatic rings. The van der Waals surface area contributed by atoms with Crippen LogP contribution in [-0.2, 0) is 11.3 Å². The molecule has 6 nitrogen and oxygen atoms in total. The molecule has 2 N–H and O–H groups in total. The van der Waals surface area contributed by atoms with Gasteiger partial charge in [-0.05, 0) is 36.9 Å². The molecule has 0 fully saturated rings. The maximum absolute atomic E-state index is 12.7. The fourth-order valence-electron chi connectivity index (χ4n) is 3.53. The quantitative estimate of drug-likeness (QED) is 0.772. The van der Waals surface area contributed by atoms with Crippen LogP contribution in [0.15, 0.2) is 35.3 Å². The van der Waals surface area contributed by atoms with Crippen LogP contribution in [0, 0.1) is 6.92 Å². The standard InChI is InChI=1S/C19H20N4O2/c1-3-6-23-18-15(10-20-23)13(9-17(24)22-18)14-8-12-7-11(2)4-5-16(12)21-19(14)25/h4-5,7-8,10,13H,3,6,9H2,1-2H3,(H,21,25)(H,22,24)/t13-/m1/s1. The van der Waals surface area contributed by atoms with Gasteiger partial charge in [-0.15, -0.1) is 0 Å². The molecular weight excluding hydrogens is 316 g/mol. The first-order valence-corrected chi connectivity index (χ1v) is 8.56. The van der Waals surface area contributed by atoms with E-state index in [9.17, 15) is 9.59 Å². The number of hydrogen-bond donors (Lipinski definition) is 2. The number of fused-ring (bicyclic) bond motifs is 2. The van der Waals surface area contributed by atoms with Gasteiger partial charge in [0.2, 0.25) is 5.91 Å². The maximum atomic E-state index is 12.7. The average molecular weight is 336 g/mol. The van der Waals surface area contributed by atoms with Crippen molar-refractivity contribution in [3.8, 4) is 0 Å². The zero-order valence-electron chi connectivity index (χ0n) is 14.3. The topological polar surface area (TPSA) is 79.8 Å². The SMILES string of the molecule is CCCn1ncc2c1NC(=O)C[C@@H]2c1cc2cc(C)ccc2[nH]c1=O. The molecule has 6 heteroatoms. The number of H-pyrrole nitrogens is 1. The van der Waals surface area contributed by atoms with Crippen molar-refractivity contribution in [2.75, 3.05) is 5.32 Å². The van der Waals surface area contributed by atoms with Gasteiger partial charge in [0.15, 0.2) is 0 Å². The molecule has 1 aromatic carbocycles. The molecular formula is C19H20N4O2. The van der Waals surface area contributed by atoms with Crippen LogP contribution in [0.3, 0.4) is 0 Å².